The number of piperidine rings is 1. The highest BCUT2D eigenvalue weighted by atomic mass is 32.1. The number of rotatable bonds is 4. The summed E-state index contributed by atoms with van der Waals surface area (Å²) < 4.78 is 7.50. The summed E-state index contributed by atoms with van der Waals surface area (Å²) in [6, 6.07) is 10.3. The first-order chi connectivity index (χ1) is 18.2. The predicted molar refractivity (Wildman–Crippen MR) is 157 cm³/mol. The van der Waals surface area contributed by atoms with Gasteiger partial charge in [-0.15, -0.1) is 0 Å². The molecular formula is C29H38N6O2S. The molecule has 2 aliphatic heterocycles. The molecule has 0 radical (unpaired) electrons. The van der Waals surface area contributed by atoms with E-state index in [1.54, 1.807) is 0 Å². The average Bonchev–Trinajstić information content (AvgIpc) is 2.89. The zero-order valence-corrected chi connectivity index (χ0v) is 23.6. The van der Waals surface area contributed by atoms with Gasteiger partial charge in [-0.05, 0) is 82.8 Å². The minimum Gasteiger partial charge on any atom is -0.381 e. The van der Waals surface area contributed by atoms with Crippen molar-refractivity contribution in [2.45, 2.75) is 71.0 Å². The molecule has 0 unspecified atom stereocenters. The maximum absolute atomic E-state index is 14.0. The first kappa shape index (κ1) is 26.6. The van der Waals surface area contributed by atoms with E-state index in [4.69, 9.17) is 21.9 Å². The van der Waals surface area contributed by atoms with Crippen LogP contribution in [0, 0.1) is 6.92 Å². The summed E-state index contributed by atoms with van der Waals surface area (Å²) in [5, 5.41) is 8.62. The van der Waals surface area contributed by atoms with Gasteiger partial charge in [-0.3, -0.25) is 9.36 Å². The van der Waals surface area contributed by atoms with Crippen molar-refractivity contribution in [3.05, 3.63) is 52.4 Å². The Morgan fingerprint density at radius 1 is 1.08 bits per heavy atom. The number of fused-ring (bicyclic) bond motifs is 1. The normalized spacial score (nSPS) is 17.5. The Kier molecular flexibility index (Phi) is 7.68. The Balaban J connectivity index is 1.42. The van der Waals surface area contributed by atoms with Crippen LogP contribution in [0.2, 0.25) is 0 Å². The van der Waals surface area contributed by atoms with Gasteiger partial charge in [0.1, 0.15) is 5.65 Å². The third-order valence-electron chi connectivity index (χ3n) is 7.36. The highest BCUT2D eigenvalue weighted by Crippen LogP contribution is 2.28. The van der Waals surface area contributed by atoms with Gasteiger partial charge < -0.3 is 20.3 Å². The van der Waals surface area contributed by atoms with Gasteiger partial charge in [0.05, 0.1) is 0 Å². The number of hydrogen-bond acceptors (Lipinski definition) is 6. The minimum absolute atomic E-state index is 0.00322. The second kappa shape index (κ2) is 11.0. The monoisotopic (exact) mass is 534 g/mol. The Bertz CT molecular complexity index is 1370. The van der Waals surface area contributed by atoms with Crippen LogP contribution in [0.15, 0.2) is 41.3 Å². The van der Waals surface area contributed by atoms with Crippen LogP contribution in [0.3, 0.4) is 0 Å². The van der Waals surface area contributed by atoms with Gasteiger partial charge in [0.15, 0.2) is 5.11 Å². The van der Waals surface area contributed by atoms with Crippen molar-refractivity contribution in [3.63, 3.8) is 0 Å². The predicted octanol–water partition coefficient (Wildman–Crippen LogP) is 4.67. The number of thiocarbonyl (C=S) groups is 1. The molecule has 0 amide bonds. The van der Waals surface area contributed by atoms with Crippen molar-refractivity contribution in [3.8, 4) is 11.1 Å². The Morgan fingerprint density at radius 3 is 2.47 bits per heavy atom. The van der Waals surface area contributed by atoms with Crippen LogP contribution in [-0.4, -0.2) is 62.4 Å². The lowest BCUT2D eigenvalue weighted by Crippen LogP contribution is -2.51. The van der Waals surface area contributed by atoms with E-state index in [0.717, 1.165) is 60.4 Å². The quantitative estimate of drug-likeness (QED) is 0.468. The van der Waals surface area contributed by atoms with Crippen LogP contribution >= 0.6 is 12.2 Å². The number of ether oxygens (including phenoxy) is 1. The van der Waals surface area contributed by atoms with E-state index in [9.17, 15) is 4.79 Å². The van der Waals surface area contributed by atoms with Crippen LogP contribution in [-0.2, 0) is 4.74 Å². The van der Waals surface area contributed by atoms with Gasteiger partial charge in [-0.1, -0.05) is 24.3 Å². The lowest BCUT2D eigenvalue weighted by atomic mass is 10.00. The Morgan fingerprint density at radius 2 is 1.79 bits per heavy atom. The summed E-state index contributed by atoms with van der Waals surface area (Å²) in [5.74, 6) is 0.565. The van der Waals surface area contributed by atoms with Gasteiger partial charge in [0.2, 0.25) is 5.95 Å². The van der Waals surface area contributed by atoms with Crippen molar-refractivity contribution in [2.75, 3.05) is 31.6 Å². The van der Waals surface area contributed by atoms with Crippen LogP contribution in [0.25, 0.3) is 22.2 Å². The molecule has 0 spiro atoms. The van der Waals surface area contributed by atoms with Crippen molar-refractivity contribution in [1.29, 1.82) is 0 Å². The second-order valence-electron chi connectivity index (χ2n) is 11.5. The first-order valence-electron chi connectivity index (χ1n) is 13.6. The maximum Gasteiger partial charge on any atom is 0.260 e. The highest BCUT2D eigenvalue weighted by molar-refractivity contribution is 7.80. The van der Waals surface area contributed by atoms with Gasteiger partial charge >= 0.3 is 0 Å². The number of aryl methyl sites for hydroxylation is 1. The van der Waals surface area contributed by atoms with Crippen LogP contribution in [0.4, 0.5) is 5.95 Å². The molecular weight excluding hydrogens is 496 g/mol. The number of likely N-dealkylation sites (tertiary alicyclic amines) is 1. The van der Waals surface area contributed by atoms with Gasteiger partial charge in [-0.2, -0.15) is 4.98 Å². The zero-order valence-electron chi connectivity index (χ0n) is 22.8. The van der Waals surface area contributed by atoms with Gasteiger partial charge in [0, 0.05) is 61.1 Å². The van der Waals surface area contributed by atoms with E-state index in [1.807, 2.05) is 48.0 Å². The number of nitrogens with one attached hydrogen (secondary N) is 2. The molecule has 3 aromatic rings. The van der Waals surface area contributed by atoms with Crippen molar-refractivity contribution >= 4 is 34.3 Å². The first-order valence-corrected chi connectivity index (χ1v) is 14.0. The summed E-state index contributed by atoms with van der Waals surface area (Å²) in [5.41, 5.74) is 3.35. The topological polar surface area (TPSA) is 84.3 Å². The largest absolute Gasteiger partial charge is 0.381 e. The number of nitrogens with zero attached hydrogens (tertiary/aromatic N) is 4. The molecule has 4 heterocycles. The fraction of sp³-hybridized carbons (Fsp3) is 0.517. The number of aromatic nitrogens is 3. The SMILES string of the molecule is Cc1ccccc1-c1cc2cnc(NC3CCN(C(=S)NC(C)(C)C)CC3)nc2n(C2CCOCC2)c1=O. The number of anilines is 1. The van der Waals surface area contributed by atoms with E-state index in [2.05, 4.69) is 41.3 Å². The maximum atomic E-state index is 14.0. The van der Waals surface area contributed by atoms with E-state index in [0.29, 0.717) is 30.4 Å². The molecule has 0 atom stereocenters. The van der Waals surface area contributed by atoms with E-state index in [-0.39, 0.29) is 23.2 Å². The number of hydrogen-bond donors (Lipinski definition) is 2. The van der Waals surface area contributed by atoms with Crippen LogP contribution in [0.1, 0.15) is 58.1 Å². The molecule has 2 N–H and O–H groups in total. The second-order valence-corrected chi connectivity index (χ2v) is 11.8. The van der Waals surface area contributed by atoms with Gasteiger partial charge in [-0.25, -0.2) is 4.98 Å². The molecule has 0 saturated carbocycles. The van der Waals surface area contributed by atoms with E-state index in [1.165, 1.54) is 0 Å². The van der Waals surface area contributed by atoms with Crippen molar-refractivity contribution < 1.29 is 4.74 Å². The molecule has 5 rings (SSSR count). The van der Waals surface area contributed by atoms with Gasteiger partial charge in [0.25, 0.3) is 5.56 Å². The van der Waals surface area contributed by atoms with E-state index >= 15 is 0 Å². The third-order valence-corrected chi connectivity index (χ3v) is 7.72. The summed E-state index contributed by atoms with van der Waals surface area (Å²) in [6.07, 6.45) is 5.30. The molecule has 38 heavy (non-hydrogen) atoms. The molecule has 2 fully saturated rings. The fourth-order valence-corrected chi connectivity index (χ4v) is 5.84. The summed E-state index contributed by atoms with van der Waals surface area (Å²) in [7, 11) is 0. The van der Waals surface area contributed by atoms with E-state index < -0.39 is 0 Å². The Labute approximate surface area is 229 Å². The number of benzene rings is 1. The zero-order chi connectivity index (χ0) is 26.9. The van der Waals surface area contributed by atoms with Crippen molar-refractivity contribution in [1.82, 2.24) is 24.8 Å². The summed E-state index contributed by atoms with van der Waals surface area (Å²) in [6.45, 7) is 11.4. The summed E-state index contributed by atoms with van der Waals surface area (Å²) >= 11 is 5.61. The molecule has 0 aliphatic carbocycles. The molecule has 8 nitrogen and oxygen atoms in total. The van der Waals surface area contributed by atoms with Crippen molar-refractivity contribution in [2.24, 2.45) is 0 Å². The minimum atomic E-state index is -0.0512. The molecule has 0 bridgehead atoms. The summed E-state index contributed by atoms with van der Waals surface area (Å²) in [4.78, 5) is 25.8. The smallest absolute Gasteiger partial charge is 0.260 e. The fourth-order valence-electron chi connectivity index (χ4n) is 5.35. The van der Waals surface area contributed by atoms with Crippen LogP contribution < -0.4 is 16.2 Å². The number of pyridine rings is 1. The molecule has 2 saturated heterocycles. The molecule has 2 aromatic heterocycles. The Hall–Kier alpha value is -3.04. The molecule has 2 aliphatic rings. The lowest BCUT2D eigenvalue weighted by molar-refractivity contribution is 0.0697. The lowest BCUT2D eigenvalue weighted by Gasteiger charge is -2.36. The molecule has 202 valence electrons. The average molecular weight is 535 g/mol. The third kappa shape index (κ3) is 5.83. The molecule has 9 heteroatoms. The highest BCUT2D eigenvalue weighted by Gasteiger charge is 2.25. The standard InChI is InChI=1S/C29H38N6O2S/c1-19-7-5-6-8-23(19)24-17-20-18-30-27(32-25(20)35(26(24)36)22-11-15-37-16-12-22)31-21-9-13-34(14-10-21)28(38)33-29(2,3)4/h5-8,17-18,21-22H,9-16H2,1-4H3,(H,33,38)(H,30,31,32). The molecule has 1 aromatic carbocycles. The van der Waals surface area contributed by atoms with Crippen LogP contribution in [0.5, 0.6) is 0 Å².